The number of sulfone groups is 1. The van der Waals surface area contributed by atoms with Gasteiger partial charge in [-0.2, -0.15) is 0 Å². The summed E-state index contributed by atoms with van der Waals surface area (Å²) in [6.07, 6.45) is 1.18. The number of pyridine rings is 2. The van der Waals surface area contributed by atoms with Gasteiger partial charge in [-0.1, -0.05) is 29.8 Å². The summed E-state index contributed by atoms with van der Waals surface area (Å²) in [4.78, 5) is 30.0. The van der Waals surface area contributed by atoms with Crippen LogP contribution in [-0.2, 0) is 27.7 Å². The number of fused-ring (bicyclic) bond motifs is 1. The molecule has 0 atom stereocenters. The molecule has 0 aliphatic rings. The number of carbonyl (C=O) groups excluding carboxylic acids is 1. The molecule has 0 aliphatic carbocycles. The normalized spacial score (nSPS) is 11.5. The van der Waals surface area contributed by atoms with Crippen molar-refractivity contribution >= 4 is 26.8 Å². The van der Waals surface area contributed by atoms with Crippen molar-refractivity contribution in [2.24, 2.45) is 0 Å². The minimum absolute atomic E-state index is 0.0342. The molecule has 0 spiro atoms. The van der Waals surface area contributed by atoms with E-state index in [2.05, 4.69) is 10.3 Å². The number of hydrogen-bond acceptors (Lipinski definition) is 5. The standard InChI is InChI=1S/C26H24FN3O4S/c1-16-4-11-22(17(2)12-16)35(33,34)23-14-30(26-21(25(23)32)10-5-18(3)29-26)15-24(31)28-13-19-6-8-20(27)9-7-19/h4-12,14H,13,15H2,1-3H3,(H,28,31). The summed E-state index contributed by atoms with van der Waals surface area (Å²) >= 11 is 0. The van der Waals surface area contributed by atoms with Crippen LogP contribution in [0.1, 0.15) is 22.4 Å². The van der Waals surface area contributed by atoms with E-state index in [4.69, 9.17) is 0 Å². The van der Waals surface area contributed by atoms with Gasteiger partial charge >= 0.3 is 0 Å². The second-order valence-electron chi connectivity index (χ2n) is 8.45. The van der Waals surface area contributed by atoms with Crippen LogP contribution in [0.25, 0.3) is 11.0 Å². The van der Waals surface area contributed by atoms with Gasteiger partial charge in [0.1, 0.15) is 22.9 Å². The third kappa shape index (κ3) is 5.00. The fourth-order valence-electron chi connectivity index (χ4n) is 3.88. The van der Waals surface area contributed by atoms with Gasteiger partial charge in [0.15, 0.2) is 0 Å². The Hall–Kier alpha value is -3.85. The lowest BCUT2D eigenvalue weighted by atomic mass is 10.2. The van der Waals surface area contributed by atoms with Gasteiger partial charge in [-0.15, -0.1) is 0 Å². The zero-order valence-corrected chi connectivity index (χ0v) is 20.3. The van der Waals surface area contributed by atoms with Crippen molar-refractivity contribution in [2.45, 2.75) is 43.7 Å². The van der Waals surface area contributed by atoms with Gasteiger partial charge in [-0.25, -0.2) is 17.8 Å². The van der Waals surface area contributed by atoms with E-state index >= 15 is 0 Å². The first-order valence-corrected chi connectivity index (χ1v) is 12.4. The van der Waals surface area contributed by atoms with Crippen molar-refractivity contribution in [1.29, 1.82) is 0 Å². The summed E-state index contributed by atoms with van der Waals surface area (Å²) in [5.41, 5.74) is 2.28. The maximum atomic E-state index is 13.5. The van der Waals surface area contributed by atoms with E-state index < -0.39 is 26.1 Å². The predicted octanol–water partition coefficient (Wildman–Crippen LogP) is 3.61. The molecule has 35 heavy (non-hydrogen) atoms. The molecule has 0 radical (unpaired) electrons. The molecule has 0 aliphatic heterocycles. The minimum Gasteiger partial charge on any atom is -0.350 e. The average Bonchev–Trinajstić information content (AvgIpc) is 2.80. The number of nitrogens with one attached hydrogen (secondary N) is 1. The summed E-state index contributed by atoms with van der Waals surface area (Å²) in [5, 5.41) is 2.83. The van der Waals surface area contributed by atoms with Gasteiger partial charge in [-0.3, -0.25) is 9.59 Å². The largest absolute Gasteiger partial charge is 0.350 e. The van der Waals surface area contributed by atoms with E-state index in [0.717, 1.165) is 5.56 Å². The second kappa shape index (κ2) is 9.42. The SMILES string of the molecule is Cc1ccc(S(=O)(=O)c2cn(CC(=O)NCc3ccc(F)cc3)c3nc(C)ccc3c2=O)c(C)c1. The van der Waals surface area contributed by atoms with Crippen molar-refractivity contribution in [3.63, 3.8) is 0 Å². The highest BCUT2D eigenvalue weighted by atomic mass is 32.2. The molecular formula is C26H24FN3O4S. The Balaban J connectivity index is 1.76. The number of amides is 1. The smallest absolute Gasteiger partial charge is 0.240 e. The number of halogens is 1. The minimum atomic E-state index is -4.16. The van der Waals surface area contributed by atoms with Crippen LogP contribution in [0.4, 0.5) is 4.39 Å². The van der Waals surface area contributed by atoms with Crippen molar-refractivity contribution in [3.05, 3.63) is 99.2 Å². The zero-order valence-electron chi connectivity index (χ0n) is 19.5. The van der Waals surface area contributed by atoms with E-state index in [1.54, 1.807) is 44.2 Å². The molecule has 4 aromatic rings. The highest BCUT2D eigenvalue weighted by molar-refractivity contribution is 7.91. The third-order valence-electron chi connectivity index (χ3n) is 5.65. The van der Waals surface area contributed by atoms with Gasteiger partial charge < -0.3 is 9.88 Å². The van der Waals surface area contributed by atoms with Gasteiger partial charge in [-0.05, 0) is 62.2 Å². The lowest BCUT2D eigenvalue weighted by Crippen LogP contribution is -2.29. The lowest BCUT2D eigenvalue weighted by molar-refractivity contribution is -0.121. The molecule has 2 aromatic heterocycles. The number of aromatic nitrogens is 2. The third-order valence-corrected chi connectivity index (χ3v) is 7.56. The van der Waals surface area contributed by atoms with Crippen LogP contribution in [0.5, 0.6) is 0 Å². The fourth-order valence-corrected chi connectivity index (χ4v) is 5.46. The molecule has 0 unspecified atom stereocenters. The Morgan fingerprint density at radius 2 is 1.71 bits per heavy atom. The molecule has 0 fully saturated rings. The summed E-state index contributed by atoms with van der Waals surface area (Å²) in [6.45, 7) is 5.17. The molecule has 1 N–H and O–H groups in total. The lowest BCUT2D eigenvalue weighted by Gasteiger charge is -2.15. The molecule has 0 bridgehead atoms. The predicted molar refractivity (Wildman–Crippen MR) is 130 cm³/mol. The molecular weight excluding hydrogens is 469 g/mol. The second-order valence-corrected chi connectivity index (χ2v) is 10.3. The van der Waals surface area contributed by atoms with Crippen molar-refractivity contribution in [3.8, 4) is 0 Å². The van der Waals surface area contributed by atoms with Crippen LogP contribution < -0.4 is 10.7 Å². The Bertz CT molecular complexity index is 1610. The highest BCUT2D eigenvalue weighted by Gasteiger charge is 2.26. The van der Waals surface area contributed by atoms with E-state index in [9.17, 15) is 22.4 Å². The monoisotopic (exact) mass is 493 g/mol. The van der Waals surface area contributed by atoms with E-state index in [1.165, 1.54) is 35.0 Å². The van der Waals surface area contributed by atoms with E-state index in [-0.39, 0.29) is 34.8 Å². The van der Waals surface area contributed by atoms with E-state index in [0.29, 0.717) is 16.8 Å². The molecule has 9 heteroatoms. The maximum absolute atomic E-state index is 13.5. The van der Waals surface area contributed by atoms with Crippen LogP contribution in [0, 0.1) is 26.6 Å². The Morgan fingerprint density at radius 1 is 1.00 bits per heavy atom. The first kappa shape index (κ1) is 24.3. The average molecular weight is 494 g/mol. The molecule has 180 valence electrons. The van der Waals surface area contributed by atoms with Crippen LogP contribution in [-0.4, -0.2) is 23.9 Å². The summed E-state index contributed by atoms with van der Waals surface area (Å²) in [5.74, 6) is -0.795. The number of nitrogens with zero attached hydrogens (tertiary/aromatic N) is 2. The summed E-state index contributed by atoms with van der Waals surface area (Å²) < 4.78 is 41.5. The van der Waals surface area contributed by atoms with Crippen LogP contribution in [0.2, 0.25) is 0 Å². The van der Waals surface area contributed by atoms with Gasteiger partial charge in [0.2, 0.25) is 21.2 Å². The number of benzene rings is 2. The summed E-state index contributed by atoms with van der Waals surface area (Å²) in [7, 11) is -4.16. The number of aryl methyl sites for hydroxylation is 3. The molecule has 2 heterocycles. The van der Waals surface area contributed by atoms with Crippen molar-refractivity contribution < 1.29 is 17.6 Å². The summed E-state index contributed by atoms with van der Waals surface area (Å²) in [6, 6.07) is 13.8. The quantitative estimate of drug-likeness (QED) is 0.443. The van der Waals surface area contributed by atoms with Gasteiger partial charge in [0.25, 0.3) is 0 Å². The molecule has 2 aromatic carbocycles. The Morgan fingerprint density at radius 3 is 2.40 bits per heavy atom. The van der Waals surface area contributed by atoms with Crippen molar-refractivity contribution in [1.82, 2.24) is 14.9 Å². The zero-order chi connectivity index (χ0) is 25.3. The Labute approximate surface area is 202 Å². The maximum Gasteiger partial charge on any atom is 0.240 e. The number of rotatable bonds is 6. The first-order valence-electron chi connectivity index (χ1n) is 10.9. The fraction of sp³-hybridized carbons (Fsp3) is 0.192. The Kier molecular flexibility index (Phi) is 6.53. The van der Waals surface area contributed by atoms with Crippen molar-refractivity contribution in [2.75, 3.05) is 0 Å². The first-order chi connectivity index (χ1) is 16.6. The molecule has 4 rings (SSSR count). The molecule has 0 saturated heterocycles. The highest BCUT2D eigenvalue weighted by Crippen LogP contribution is 2.24. The molecule has 0 saturated carbocycles. The number of hydrogen-bond donors (Lipinski definition) is 1. The molecule has 1 amide bonds. The van der Waals surface area contributed by atoms with Crippen LogP contribution in [0.15, 0.2) is 75.4 Å². The van der Waals surface area contributed by atoms with E-state index in [1.807, 2.05) is 6.92 Å². The van der Waals surface area contributed by atoms with Gasteiger partial charge in [0.05, 0.1) is 10.3 Å². The van der Waals surface area contributed by atoms with Crippen LogP contribution in [0.3, 0.4) is 0 Å². The molecule has 7 nitrogen and oxygen atoms in total. The van der Waals surface area contributed by atoms with Gasteiger partial charge in [0, 0.05) is 18.4 Å². The van der Waals surface area contributed by atoms with Crippen LogP contribution >= 0.6 is 0 Å². The number of carbonyl (C=O) groups is 1. The topological polar surface area (TPSA) is 98.1 Å².